The molecule has 1 aliphatic rings. The highest BCUT2D eigenvalue weighted by atomic mass is 15.2. The van der Waals surface area contributed by atoms with Crippen LogP contribution in [0.2, 0.25) is 0 Å². The van der Waals surface area contributed by atoms with Crippen LogP contribution >= 0.6 is 0 Å². The Bertz CT molecular complexity index is 255. The van der Waals surface area contributed by atoms with E-state index in [1.807, 2.05) is 7.05 Å². The van der Waals surface area contributed by atoms with E-state index in [4.69, 9.17) is 0 Å². The van der Waals surface area contributed by atoms with E-state index in [1.165, 1.54) is 26.1 Å². The maximum atomic E-state index is 4.25. The predicted molar refractivity (Wildman–Crippen MR) is 74.5 cm³/mol. The van der Waals surface area contributed by atoms with E-state index in [9.17, 15) is 0 Å². The predicted octanol–water partition coefficient (Wildman–Crippen LogP) is 1.29. The van der Waals surface area contributed by atoms with Crippen molar-refractivity contribution in [3.8, 4) is 0 Å². The Kier molecular flexibility index (Phi) is 5.25. The van der Waals surface area contributed by atoms with Gasteiger partial charge in [-0.3, -0.25) is 4.99 Å². The van der Waals surface area contributed by atoms with Crippen LogP contribution < -0.4 is 10.6 Å². The minimum Gasteiger partial charge on any atom is -0.356 e. The molecule has 1 atom stereocenters. The largest absolute Gasteiger partial charge is 0.356 e. The molecule has 1 unspecified atom stereocenters. The molecule has 0 aromatic carbocycles. The van der Waals surface area contributed by atoms with Gasteiger partial charge in [-0.15, -0.1) is 0 Å². The van der Waals surface area contributed by atoms with Gasteiger partial charge in [0, 0.05) is 25.7 Å². The lowest BCUT2D eigenvalue weighted by Crippen LogP contribution is -2.48. The maximum Gasteiger partial charge on any atom is 0.191 e. The van der Waals surface area contributed by atoms with Crippen molar-refractivity contribution in [3.05, 3.63) is 0 Å². The molecule has 1 aliphatic heterocycles. The molecule has 4 nitrogen and oxygen atoms in total. The van der Waals surface area contributed by atoms with Gasteiger partial charge < -0.3 is 15.5 Å². The summed E-state index contributed by atoms with van der Waals surface area (Å²) >= 11 is 0. The zero-order chi connectivity index (χ0) is 12.9. The SMILES string of the molecule is CCN1CCC(CNC(=NC)NC(C)(C)C)C1. The van der Waals surface area contributed by atoms with Gasteiger partial charge in [-0.1, -0.05) is 6.92 Å². The molecule has 100 valence electrons. The van der Waals surface area contributed by atoms with Gasteiger partial charge >= 0.3 is 0 Å². The van der Waals surface area contributed by atoms with Crippen LogP contribution in [-0.2, 0) is 0 Å². The molecule has 0 aliphatic carbocycles. The Labute approximate surface area is 106 Å². The second-order valence-electron chi connectivity index (χ2n) is 5.88. The first-order valence-electron chi connectivity index (χ1n) is 6.65. The van der Waals surface area contributed by atoms with Crippen LogP contribution in [0.4, 0.5) is 0 Å². The maximum absolute atomic E-state index is 4.25. The Hall–Kier alpha value is -0.770. The number of nitrogens with zero attached hydrogens (tertiary/aromatic N) is 2. The fraction of sp³-hybridized carbons (Fsp3) is 0.923. The minimum absolute atomic E-state index is 0.0625. The Morgan fingerprint density at radius 3 is 2.59 bits per heavy atom. The number of likely N-dealkylation sites (tertiary alicyclic amines) is 1. The zero-order valence-corrected chi connectivity index (χ0v) is 12.0. The Morgan fingerprint density at radius 2 is 2.12 bits per heavy atom. The molecule has 1 saturated heterocycles. The highest BCUT2D eigenvalue weighted by Crippen LogP contribution is 2.14. The fourth-order valence-electron chi connectivity index (χ4n) is 2.14. The molecule has 4 heteroatoms. The van der Waals surface area contributed by atoms with E-state index < -0.39 is 0 Å². The molecule has 1 rings (SSSR count). The summed E-state index contributed by atoms with van der Waals surface area (Å²) in [7, 11) is 1.83. The summed E-state index contributed by atoms with van der Waals surface area (Å²) in [6, 6.07) is 0. The van der Waals surface area contributed by atoms with E-state index in [-0.39, 0.29) is 5.54 Å². The average molecular weight is 240 g/mol. The van der Waals surface area contributed by atoms with Gasteiger partial charge in [0.2, 0.25) is 0 Å². The van der Waals surface area contributed by atoms with Gasteiger partial charge in [0.05, 0.1) is 0 Å². The molecule has 0 radical (unpaired) electrons. The van der Waals surface area contributed by atoms with Crippen molar-refractivity contribution in [1.29, 1.82) is 0 Å². The van der Waals surface area contributed by atoms with Gasteiger partial charge in [0.25, 0.3) is 0 Å². The molecule has 1 heterocycles. The second kappa shape index (κ2) is 6.24. The van der Waals surface area contributed by atoms with Gasteiger partial charge in [0.1, 0.15) is 0 Å². The molecule has 0 aromatic heterocycles. The summed E-state index contributed by atoms with van der Waals surface area (Å²) < 4.78 is 0. The standard InChI is InChI=1S/C13H28N4/c1-6-17-8-7-11(10-17)9-15-12(14-5)16-13(2,3)4/h11H,6-10H2,1-5H3,(H2,14,15,16). The number of hydrogen-bond acceptors (Lipinski definition) is 2. The molecule has 0 aromatic rings. The lowest BCUT2D eigenvalue weighted by Gasteiger charge is -2.24. The van der Waals surface area contributed by atoms with Crippen LogP contribution in [0.1, 0.15) is 34.1 Å². The van der Waals surface area contributed by atoms with E-state index in [0.29, 0.717) is 0 Å². The van der Waals surface area contributed by atoms with E-state index in [2.05, 4.69) is 48.2 Å². The van der Waals surface area contributed by atoms with Gasteiger partial charge in [-0.25, -0.2) is 0 Å². The van der Waals surface area contributed by atoms with Crippen LogP contribution in [-0.4, -0.2) is 49.6 Å². The van der Waals surface area contributed by atoms with Crippen molar-refractivity contribution in [3.63, 3.8) is 0 Å². The number of hydrogen-bond donors (Lipinski definition) is 2. The monoisotopic (exact) mass is 240 g/mol. The van der Waals surface area contributed by atoms with Gasteiger partial charge in [-0.05, 0) is 46.2 Å². The Balaban J connectivity index is 2.30. The summed E-state index contributed by atoms with van der Waals surface area (Å²) in [5.41, 5.74) is 0.0625. The summed E-state index contributed by atoms with van der Waals surface area (Å²) in [6.45, 7) is 13.3. The van der Waals surface area contributed by atoms with Crippen LogP contribution in [0.5, 0.6) is 0 Å². The van der Waals surface area contributed by atoms with Gasteiger partial charge in [-0.2, -0.15) is 0 Å². The summed E-state index contributed by atoms with van der Waals surface area (Å²) in [6.07, 6.45) is 1.30. The number of guanidine groups is 1. The topological polar surface area (TPSA) is 39.7 Å². The van der Waals surface area contributed by atoms with Crippen LogP contribution in [0, 0.1) is 5.92 Å². The quantitative estimate of drug-likeness (QED) is 0.577. The first-order valence-corrected chi connectivity index (χ1v) is 6.65. The highest BCUT2D eigenvalue weighted by Gasteiger charge is 2.21. The number of aliphatic imine (C=N–C) groups is 1. The fourth-order valence-corrected chi connectivity index (χ4v) is 2.14. The first-order chi connectivity index (χ1) is 7.94. The lowest BCUT2D eigenvalue weighted by atomic mass is 10.1. The molecule has 17 heavy (non-hydrogen) atoms. The normalized spacial score (nSPS) is 22.9. The smallest absolute Gasteiger partial charge is 0.191 e. The third-order valence-electron chi connectivity index (χ3n) is 3.09. The molecule has 1 fully saturated rings. The van der Waals surface area contributed by atoms with E-state index >= 15 is 0 Å². The molecule has 0 saturated carbocycles. The summed E-state index contributed by atoms with van der Waals surface area (Å²) in [5.74, 6) is 1.67. The van der Waals surface area contributed by atoms with Crippen molar-refractivity contribution in [2.45, 2.75) is 39.7 Å². The molecular formula is C13H28N4. The van der Waals surface area contributed by atoms with Crippen molar-refractivity contribution >= 4 is 5.96 Å². The molecule has 0 amide bonds. The number of nitrogens with one attached hydrogen (secondary N) is 2. The van der Waals surface area contributed by atoms with Crippen molar-refractivity contribution in [2.24, 2.45) is 10.9 Å². The molecule has 2 N–H and O–H groups in total. The number of rotatable bonds is 3. The highest BCUT2D eigenvalue weighted by molar-refractivity contribution is 5.80. The van der Waals surface area contributed by atoms with Crippen molar-refractivity contribution < 1.29 is 0 Å². The third-order valence-corrected chi connectivity index (χ3v) is 3.09. The van der Waals surface area contributed by atoms with E-state index in [0.717, 1.165) is 18.4 Å². The van der Waals surface area contributed by atoms with Crippen LogP contribution in [0.15, 0.2) is 4.99 Å². The first kappa shape index (κ1) is 14.3. The Morgan fingerprint density at radius 1 is 1.41 bits per heavy atom. The minimum atomic E-state index is 0.0625. The molecular weight excluding hydrogens is 212 g/mol. The third kappa shape index (κ3) is 5.39. The van der Waals surface area contributed by atoms with Crippen molar-refractivity contribution in [2.75, 3.05) is 33.2 Å². The van der Waals surface area contributed by atoms with Crippen LogP contribution in [0.25, 0.3) is 0 Å². The lowest BCUT2D eigenvalue weighted by molar-refractivity contribution is 0.341. The van der Waals surface area contributed by atoms with Crippen molar-refractivity contribution in [1.82, 2.24) is 15.5 Å². The molecule has 0 spiro atoms. The summed E-state index contributed by atoms with van der Waals surface area (Å²) in [5, 5.41) is 6.81. The summed E-state index contributed by atoms with van der Waals surface area (Å²) in [4.78, 5) is 6.76. The van der Waals surface area contributed by atoms with Crippen LogP contribution in [0.3, 0.4) is 0 Å². The average Bonchev–Trinajstić information content (AvgIpc) is 2.70. The van der Waals surface area contributed by atoms with E-state index in [1.54, 1.807) is 0 Å². The van der Waals surface area contributed by atoms with Gasteiger partial charge in [0.15, 0.2) is 5.96 Å². The zero-order valence-electron chi connectivity index (χ0n) is 12.0. The molecule has 0 bridgehead atoms. The second-order valence-corrected chi connectivity index (χ2v) is 5.88.